The summed E-state index contributed by atoms with van der Waals surface area (Å²) in [6, 6.07) is 0.637. The number of hydrogen-bond acceptors (Lipinski definition) is 4. The van der Waals surface area contributed by atoms with E-state index < -0.39 is 0 Å². The van der Waals surface area contributed by atoms with E-state index in [0.717, 1.165) is 32.1 Å². The van der Waals surface area contributed by atoms with E-state index in [1.165, 1.54) is 65.0 Å². The molecule has 2 rings (SSSR count). The molecule has 2 aliphatic heterocycles. The molecule has 154 valence electrons. The van der Waals surface area contributed by atoms with Gasteiger partial charge in [0.2, 0.25) is 0 Å². The summed E-state index contributed by atoms with van der Waals surface area (Å²) in [6.07, 6.45) is 5.09. The van der Waals surface area contributed by atoms with Crippen molar-refractivity contribution < 1.29 is 0 Å². The van der Waals surface area contributed by atoms with Crippen LogP contribution in [0.1, 0.15) is 39.5 Å². The Labute approximate surface area is 178 Å². The number of aliphatic imine (C=N–C) groups is 1. The van der Waals surface area contributed by atoms with Crippen molar-refractivity contribution in [3.63, 3.8) is 0 Å². The molecule has 0 aromatic heterocycles. The lowest BCUT2D eigenvalue weighted by atomic mass is 10.2. The fourth-order valence-corrected chi connectivity index (χ4v) is 3.80. The number of guanidine groups is 1. The van der Waals surface area contributed by atoms with Gasteiger partial charge in [0, 0.05) is 45.3 Å². The summed E-state index contributed by atoms with van der Waals surface area (Å²) < 4.78 is 0. The standard InChI is InChI=1S/C19H40N6.HI/c1-4-20-19(22-17-18-9-8-12-25(18)5-2)21-10-6-7-11-24-15-13-23(3)14-16-24;/h18H,4-17H2,1-3H3,(H2,20,21,22);1H. The summed E-state index contributed by atoms with van der Waals surface area (Å²) in [5.74, 6) is 0.991. The molecule has 0 radical (unpaired) electrons. The van der Waals surface area contributed by atoms with Crippen LogP contribution >= 0.6 is 24.0 Å². The average molecular weight is 480 g/mol. The Balaban J connectivity index is 0.00000338. The number of piperazine rings is 1. The highest BCUT2D eigenvalue weighted by Crippen LogP contribution is 2.16. The number of likely N-dealkylation sites (N-methyl/N-ethyl adjacent to an activating group) is 2. The van der Waals surface area contributed by atoms with Gasteiger partial charge in [0.1, 0.15) is 0 Å². The van der Waals surface area contributed by atoms with Crippen LogP contribution in [0.2, 0.25) is 0 Å². The zero-order chi connectivity index (χ0) is 17.9. The molecule has 0 aromatic rings. The lowest BCUT2D eigenvalue weighted by Gasteiger charge is -2.32. The molecule has 1 atom stereocenters. The lowest BCUT2D eigenvalue weighted by Crippen LogP contribution is -2.44. The van der Waals surface area contributed by atoms with Crippen molar-refractivity contribution in [2.45, 2.75) is 45.6 Å². The highest BCUT2D eigenvalue weighted by atomic mass is 127. The molecule has 2 N–H and O–H groups in total. The smallest absolute Gasteiger partial charge is 0.191 e. The van der Waals surface area contributed by atoms with E-state index in [4.69, 9.17) is 4.99 Å². The fraction of sp³-hybridized carbons (Fsp3) is 0.947. The predicted molar refractivity (Wildman–Crippen MR) is 123 cm³/mol. The van der Waals surface area contributed by atoms with Gasteiger partial charge in [0.05, 0.1) is 6.54 Å². The Morgan fingerprint density at radius 2 is 1.81 bits per heavy atom. The van der Waals surface area contributed by atoms with Crippen molar-refractivity contribution in [2.24, 2.45) is 4.99 Å². The van der Waals surface area contributed by atoms with Crippen molar-refractivity contribution in [3.05, 3.63) is 0 Å². The van der Waals surface area contributed by atoms with E-state index in [2.05, 4.69) is 46.2 Å². The Hall–Kier alpha value is -0.120. The van der Waals surface area contributed by atoms with Gasteiger partial charge in [-0.05, 0) is 59.3 Å². The molecule has 6 nitrogen and oxygen atoms in total. The van der Waals surface area contributed by atoms with Crippen LogP contribution in [0.3, 0.4) is 0 Å². The van der Waals surface area contributed by atoms with E-state index in [1.807, 2.05) is 0 Å². The Morgan fingerprint density at radius 3 is 2.50 bits per heavy atom. The van der Waals surface area contributed by atoms with Gasteiger partial charge in [-0.2, -0.15) is 0 Å². The van der Waals surface area contributed by atoms with E-state index in [9.17, 15) is 0 Å². The summed E-state index contributed by atoms with van der Waals surface area (Å²) in [6.45, 7) is 15.8. The Morgan fingerprint density at radius 1 is 1.04 bits per heavy atom. The van der Waals surface area contributed by atoms with Gasteiger partial charge in [0.15, 0.2) is 5.96 Å². The van der Waals surface area contributed by atoms with Crippen molar-refractivity contribution in [3.8, 4) is 0 Å². The highest BCUT2D eigenvalue weighted by Gasteiger charge is 2.22. The van der Waals surface area contributed by atoms with Gasteiger partial charge in [-0.15, -0.1) is 24.0 Å². The Bertz CT molecular complexity index is 384. The van der Waals surface area contributed by atoms with Gasteiger partial charge in [-0.25, -0.2) is 0 Å². The van der Waals surface area contributed by atoms with E-state index in [1.54, 1.807) is 0 Å². The van der Waals surface area contributed by atoms with Crippen LogP contribution in [-0.4, -0.2) is 99.2 Å². The summed E-state index contributed by atoms with van der Waals surface area (Å²) in [7, 11) is 2.22. The number of unbranched alkanes of at least 4 members (excludes halogenated alkanes) is 1. The van der Waals surface area contributed by atoms with Crippen molar-refractivity contribution >= 4 is 29.9 Å². The van der Waals surface area contributed by atoms with Gasteiger partial charge >= 0.3 is 0 Å². The van der Waals surface area contributed by atoms with Crippen LogP contribution in [0.4, 0.5) is 0 Å². The molecule has 0 amide bonds. The molecular weight excluding hydrogens is 439 g/mol. The molecule has 26 heavy (non-hydrogen) atoms. The van der Waals surface area contributed by atoms with Crippen LogP contribution in [-0.2, 0) is 0 Å². The number of likely N-dealkylation sites (tertiary alicyclic amines) is 1. The fourth-order valence-electron chi connectivity index (χ4n) is 3.80. The second-order valence-corrected chi connectivity index (χ2v) is 7.42. The molecule has 1 unspecified atom stereocenters. The van der Waals surface area contributed by atoms with Crippen LogP contribution in [0.5, 0.6) is 0 Å². The molecule has 2 heterocycles. The summed E-state index contributed by atoms with van der Waals surface area (Å²) in [4.78, 5) is 12.4. The summed E-state index contributed by atoms with van der Waals surface area (Å²) in [5, 5.41) is 6.90. The highest BCUT2D eigenvalue weighted by molar-refractivity contribution is 14.0. The Kier molecular flexibility index (Phi) is 12.8. The third-order valence-electron chi connectivity index (χ3n) is 5.50. The number of nitrogens with zero attached hydrogens (tertiary/aromatic N) is 4. The number of halogens is 1. The molecule has 0 aromatic carbocycles. The van der Waals surface area contributed by atoms with Crippen LogP contribution in [0, 0.1) is 0 Å². The minimum Gasteiger partial charge on any atom is -0.357 e. The normalized spacial score (nSPS) is 23.0. The minimum absolute atomic E-state index is 0. The maximum atomic E-state index is 4.83. The van der Waals surface area contributed by atoms with Gasteiger partial charge in [-0.1, -0.05) is 6.92 Å². The van der Waals surface area contributed by atoms with Crippen LogP contribution in [0.25, 0.3) is 0 Å². The molecule has 0 saturated carbocycles. The van der Waals surface area contributed by atoms with Gasteiger partial charge in [0.25, 0.3) is 0 Å². The monoisotopic (exact) mass is 480 g/mol. The molecule has 0 spiro atoms. The molecule has 7 heteroatoms. The maximum absolute atomic E-state index is 4.83. The zero-order valence-electron chi connectivity index (χ0n) is 17.2. The topological polar surface area (TPSA) is 46.1 Å². The van der Waals surface area contributed by atoms with Crippen molar-refractivity contribution in [2.75, 3.05) is 72.5 Å². The second-order valence-electron chi connectivity index (χ2n) is 7.42. The number of rotatable bonds is 9. The molecule has 0 aliphatic carbocycles. The quantitative estimate of drug-likeness (QED) is 0.228. The lowest BCUT2D eigenvalue weighted by molar-refractivity contribution is 0.152. The van der Waals surface area contributed by atoms with E-state index in [-0.39, 0.29) is 24.0 Å². The van der Waals surface area contributed by atoms with Crippen LogP contribution in [0.15, 0.2) is 4.99 Å². The third kappa shape index (κ3) is 8.71. The van der Waals surface area contributed by atoms with Crippen LogP contribution < -0.4 is 10.6 Å². The third-order valence-corrected chi connectivity index (χ3v) is 5.50. The number of nitrogens with one attached hydrogen (secondary N) is 2. The van der Waals surface area contributed by atoms with Gasteiger partial charge < -0.3 is 20.4 Å². The molecule has 2 aliphatic rings. The summed E-state index contributed by atoms with van der Waals surface area (Å²) >= 11 is 0. The predicted octanol–water partition coefficient (Wildman–Crippen LogP) is 1.67. The van der Waals surface area contributed by atoms with Crippen molar-refractivity contribution in [1.82, 2.24) is 25.3 Å². The van der Waals surface area contributed by atoms with Gasteiger partial charge in [-0.3, -0.25) is 9.89 Å². The van der Waals surface area contributed by atoms with Crippen molar-refractivity contribution in [1.29, 1.82) is 0 Å². The zero-order valence-corrected chi connectivity index (χ0v) is 19.5. The first-order valence-electron chi connectivity index (χ1n) is 10.4. The first kappa shape index (κ1) is 23.9. The SMILES string of the molecule is CCNC(=NCC1CCCN1CC)NCCCCN1CCN(C)CC1.I. The largest absolute Gasteiger partial charge is 0.357 e. The maximum Gasteiger partial charge on any atom is 0.191 e. The minimum atomic E-state index is 0. The van der Waals surface area contributed by atoms with E-state index >= 15 is 0 Å². The second kappa shape index (κ2) is 14.0. The molecule has 0 bridgehead atoms. The summed E-state index contributed by atoms with van der Waals surface area (Å²) in [5.41, 5.74) is 0. The molecule has 2 fully saturated rings. The van der Waals surface area contributed by atoms with E-state index in [0.29, 0.717) is 6.04 Å². The average Bonchev–Trinajstić information content (AvgIpc) is 3.08. The number of hydrogen-bond donors (Lipinski definition) is 2. The molecular formula is C19H41IN6. The first-order chi connectivity index (χ1) is 12.2. The first-order valence-corrected chi connectivity index (χ1v) is 10.4. The molecule has 2 saturated heterocycles.